The van der Waals surface area contributed by atoms with Gasteiger partial charge in [0.2, 0.25) is 0 Å². The molecular formula is C10H15BrClN3. The fraction of sp³-hybridized carbons (Fsp3) is 0.600. The minimum absolute atomic E-state index is 0.455. The predicted molar refractivity (Wildman–Crippen MR) is 67.5 cm³/mol. The second kappa shape index (κ2) is 5.66. The molecule has 0 amide bonds. The van der Waals surface area contributed by atoms with Crippen molar-refractivity contribution in [3.63, 3.8) is 0 Å². The minimum Gasteiger partial charge on any atom is -0.358 e. The number of halogens is 2. The molecule has 3 nitrogen and oxygen atoms in total. The van der Waals surface area contributed by atoms with Gasteiger partial charge in [0, 0.05) is 13.6 Å². The summed E-state index contributed by atoms with van der Waals surface area (Å²) in [6.45, 7) is 5.36. The van der Waals surface area contributed by atoms with E-state index in [0.717, 1.165) is 23.3 Å². The van der Waals surface area contributed by atoms with Crippen LogP contribution >= 0.6 is 27.5 Å². The zero-order valence-corrected chi connectivity index (χ0v) is 11.5. The zero-order valence-electron chi connectivity index (χ0n) is 9.17. The van der Waals surface area contributed by atoms with Gasteiger partial charge in [-0.25, -0.2) is 9.97 Å². The van der Waals surface area contributed by atoms with E-state index in [1.807, 2.05) is 7.05 Å². The lowest BCUT2D eigenvalue weighted by Crippen LogP contribution is -2.25. The van der Waals surface area contributed by atoms with Gasteiger partial charge in [-0.2, -0.15) is 0 Å². The lowest BCUT2D eigenvalue weighted by molar-refractivity contribution is 0.557. The zero-order chi connectivity index (χ0) is 11.4. The standard InChI is InChI=1S/C10H15BrClN3/c1-4-7(2)5-15(3)10-8(11)9(12)13-6-14-10/h6-7H,4-5H2,1-3H3. The molecular weight excluding hydrogens is 277 g/mol. The van der Waals surface area contributed by atoms with Crippen LogP contribution in [0.4, 0.5) is 5.82 Å². The number of anilines is 1. The fourth-order valence-electron chi connectivity index (χ4n) is 1.29. The second-order valence-corrected chi connectivity index (χ2v) is 4.85. The van der Waals surface area contributed by atoms with E-state index in [-0.39, 0.29) is 0 Å². The van der Waals surface area contributed by atoms with E-state index >= 15 is 0 Å². The van der Waals surface area contributed by atoms with Crippen LogP contribution in [0.15, 0.2) is 10.8 Å². The highest BCUT2D eigenvalue weighted by Gasteiger charge is 2.12. The molecule has 5 heteroatoms. The molecule has 0 aliphatic rings. The van der Waals surface area contributed by atoms with Crippen molar-refractivity contribution in [2.75, 3.05) is 18.5 Å². The topological polar surface area (TPSA) is 29.0 Å². The summed E-state index contributed by atoms with van der Waals surface area (Å²) in [6, 6.07) is 0. The molecule has 0 radical (unpaired) electrons. The van der Waals surface area contributed by atoms with Crippen molar-refractivity contribution in [1.29, 1.82) is 0 Å². The van der Waals surface area contributed by atoms with E-state index < -0.39 is 0 Å². The maximum absolute atomic E-state index is 5.90. The highest BCUT2D eigenvalue weighted by Crippen LogP contribution is 2.28. The van der Waals surface area contributed by atoms with Gasteiger partial charge in [-0.3, -0.25) is 0 Å². The van der Waals surface area contributed by atoms with Gasteiger partial charge in [0.05, 0.1) is 4.47 Å². The van der Waals surface area contributed by atoms with Crippen molar-refractivity contribution >= 4 is 33.3 Å². The molecule has 0 fully saturated rings. The molecule has 0 saturated heterocycles. The second-order valence-electron chi connectivity index (χ2n) is 3.70. The molecule has 1 aromatic heterocycles. The highest BCUT2D eigenvalue weighted by atomic mass is 79.9. The van der Waals surface area contributed by atoms with Crippen LogP contribution in [0, 0.1) is 5.92 Å². The number of aromatic nitrogens is 2. The molecule has 0 N–H and O–H groups in total. The number of hydrogen-bond acceptors (Lipinski definition) is 3. The summed E-state index contributed by atoms with van der Waals surface area (Å²) in [5.74, 6) is 1.48. The van der Waals surface area contributed by atoms with E-state index in [0.29, 0.717) is 11.1 Å². The van der Waals surface area contributed by atoms with Gasteiger partial charge >= 0.3 is 0 Å². The Bertz CT molecular complexity index is 332. The third kappa shape index (κ3) is 3.31. The average molecular weight is 293 g/mol. The third-order valence-corrected chi connectivity index (χ3v) is 3.62. The van der Waals surface area contributed by atoms with Crippen molar-refractivity contribution < 1.29 is 0 Å². The van der Waals surface area contributed by atoms with Crippen LogP contribution in [-0.4, -0.2) is 23.6 Å². The van der Waals surface area contributed by atoms with Crippen molar-refractivity contribution in [2.45, 2.75) is 20.3 Å². The van der Waals surface area contributed by atoms with E-state index in [4.69, 9.17) is 11.6 Å². The van der Waals surface area contributed by atoms with Gasteiger partial charge < -0.3 is 4.90 Å². The summed E-state index contributed by atoms with van der Waals surface area (Å²) in [5.41, 5.74) is 0. The first kappa shape index (κ1) is 12.7. The molecule has 1 atom stereocenters. The molecule has 84 valence electrons. The predicted octanol–water partition coefficient (Wildman–Crippen LogP) is 3.37. The average Bonchev–Trinajstić information content (AvgIpc) is 2.21. The number of rotatable bonds is 4. The highest BCUT2D eigenvalue weighted by molar-refractivity contribution is 9.10. The van der Waals surface area contributed by atoms with Gasteiger partial charge in [0.1, 0.15) is 17.3 Å². The Morgan fingerprint density at radius 3 is 2.80 bits per heavy atom. The molecule has 0 spiro atoms. The largest absolute Gasteiger partial charge is 0.358 e. The third-order valence-electron chi connectivity index (χ3n) is 2.37. The van der Waals surface area contributed by atoms with Gasteiger partial charge in [-0.05, 0) is 21.8 Å². The minimum atomic E-state index is 0.455. The van der Waals surface area contributed by atoms with Crippen LogP contribution in [0.2, 0.25) is 5.15 Å². The van der Waals surface area contributed by atoms with E-state index in [2.05, 4.69) is 44.6 Å². The molecule has 0 bridgehead atoms. The van der Waals surface area contributed by atoms with Crippen molar-refractivity contribution in [3.05, 3.63) is 16.0 Å². The first-order valence-corrected chi connectivity index (χ1v) is 6.10. The molecule has 0 aliphatic carbocycles. The number of nitrogens with zero attached hydrogens (tertiary/aromatic N) is 3. The lowest BCUT2D eigenvalue weighted by atomic mass is 10.1. The normalized spacial score (nSPS) is 12.6. The summed E-state index contributed by atoms with van der Waals surface area (Å²) in [4.78, 5) is 10.2. The molecule has 0 aromatic carbocycles. The Kier molecular flexibility index (Phi) is 4.80. The van der Waals surface area contributed by atoms with Gasteiger partial charge in [0.15, 0.2) is 0 Å². The van der Waals surface area contributed by atoms with Crippen molar-refractivity contribution in [3.8, 4) is 0 Å². The smallest absolute Gasteiger partial charge is 0.148 e. The molecule has 15 heavy (non-hydrogen) atoms. The Hall–Kier alpha value is -0.350. The van der Waals surface area contributed by atoms with Crippen LogP contribution in [0.1, 0.15) is 20.3 Å². The van der Waals surface area contributed by atoms with Crippen molar-refractivity contribution in [2.24, 2.45) is 5.92 Å². The maximum Gasteiger partial charge on any atom is 0.148 e. The van der Waals surface area contributed by atoms with Gasteiger partial charge in [-0.15, -0.1) is 0 Å². The fourth-order valence-corrected chi connectivity index (χ4v) is 1.92. The van der Waals surface area contributed by atoms with Crippen LogP contribution in [0.5, 0.6) is 0 Å². The summed E-state index contributed by atoms with van der Waals surface area (Å²) >= 11 is 9.30. The van der Waals surface area contributed by atoms with E-state index in [9.17, 15) is 0 Å². The van der Waals surface area contributed by atoms with Crippen LogP contribution in [0.25, 0.3) is 0 Å². The number of hydrogen-bond donors (Lipinski definition) is 0. The summed E-state index contributed by atoms with van der Waals surface area (Å²) in [6.07, 6.45) is 2.64. The Labute approximate surface area is 104 Å². The monoisotopic (exact) mass is 291 g/mol. The maximum atomic E-state index is 5.90. The first-order valence-electron chi connectivity index (χ1n) is 4.93. The molecule has 1 rings (SSSR count). The Balaban J connectivity index is 2.82. The molecule has 1 unspecified atom stereocenters. The summed E-state index contributed by atoms with van der Waals surface area (Å²) in [7, 11) is 2.01. The van der Waals surface area contributed by atoms with Crippen molar-refractivity contribution in [1.82, 2.24) is 9.97 Å². The molecule has 1 heterocycles. The molecule has 0 saturated carbocycles. The quantitative estimate of drug-likeness (QED) is 0.797. The molecule has 1 aromatic rings. The first-order chi connectivity index (χ1) is 7.06. The van der Waals surface area contributed by atoms with Gasteiger partial charge in [0.25, 0.3) is 0 Å². The molecule has 0 aliphatic heterocycles. The SMILES string of the molecule is CCC(C)CN(C)c1ncnc(Cl)c1Br. The lowest BCUT2D eigenvalue weighted by Gasteiger charge is -2.22. The van der Waals surface area contributed by atoms with Crippen LogP contribution < -0.4 is 4.90 Å². The van der Waals surface area contributed by atoms with E-state index in [1.165, 1.54) is 6.33 Å². The van der Waals surface area contributed by atoms with Gasteiger partial charge in [-0.1, -0.05) is 31.9 Å². The summed E-state index contributed by atoms with van der Waals surface area (Å²) in [5, 5.41) is 0.455. The Morgan fingerprint density at radius 2 is 2.20 bits per heavy atom. The van der Waals surface area contributed by atoms with Crippen LogP contribution in [0.3, 0.4) is 0 Å². The van der Waals surface area contributed by atoms with E-state index in [1.54, 1.807) is 0 Å². The summed E-state index contributed by atoms with van der Waals surface area (Å²) < 4.78 is 0.762. The van der Waals surface area contributed by atoms with Crippen LogP contribution in [-0.2, 0) is 0 Å². The Morgan fingerprint density at radius 1 is 1.53 bits per heavy atom.